The number of hydrogen-bond acceptors (Lipinski definition) is 5. The molecule has 166 valence electrons. The van der Waals surface area contributed by atoms with Crippen LogP contribution in [0.1, 0.15) is 90.4 Å². The molecule has 8 N–H and O–H groups in total. The highest BCUT2D eigenvalue weighted by Gasteiger charge is 2.22. The van der Waals surface area contributed by atoms with Gasteiger partial charge in [0.1, 0.15) is 0 Å². The maximum absolute atomic E-state index is 9.74. The predicted molar refractivity (Wildman–Crippen MR) is 107 cm³/mol. The molecule has 9 heteroatoms. The van der Waals surface area contributed by atoms with E-state index in [2.05, 4.69) is 6.92 Å². The number of rotatable bonds is 16. The van der Waals surface area contributed by atoms with Gasteiger partial charge in [0, 0.05) is 0 Å². The topological polar surface area (TPSA) is 164 Å². The molecule has 0 fully saturated rings. The van der Waals surface area contributed by atoms with Gasteiger partial charge in [0.25, 0.3) is 0 Å². The van der Waals surface area contributed by atoms with E-state index in [0.717, 1.165) is 12.8 Å². The Hall–Kier alpha value is -0.0500. The molecule has 0 spiro atoms. The Labute approximate surface area is 164 Å². The standard InChI is InChI=1S/C18H39NO3.H3O4P/c1-2-3-4-5-6-7-8-9-10-11-12-13-14-17(21)18(22)16(19)15-20;1-5(2,3)4/h16-18,20-22H,2-15,19H2,1H3;(H3,1,2,3,4). The Kier molecular flexibility index (Phi) is 20.8. The molecule has 8 nitrogen and oxygen atoms in total. The lowest BCUT2D eigenvalue weighted by molar-refractivity contribution is -0.0121. The van der Waals surface area contributed by atoms with Crippen LogP contribution in [-0.4, -0.2) is 54.9 Å². The lowest BCUT2D eigenvalue weighted by Crippen LogP contribution is -2.45. The maximum Gasteiger partial charge on any atom is 0.466 e. The van der Waals surface area contributed by atoms with Crippen LogP contribution in [0.5, 0.6) is 0 Å². The van der Waals surface area contributed by atoms with E-state index in [0.29, 0.717) is 6.42 Å². The molecule has 0 aromatic rings. The van der Waals surface area contributed by atoms with Gasteiger partial charge in [-0.15, -0.1) is 0 Å². The number of phosphoric acid groups is 1. The van der Waals surface area contributed by atoms with E-state index in [1.165, 1.54) is 64.2 Å². The zero-order valence-electron chi connectivity index (χ0n) is 16.7. The number of aliphatic hydroxyl groups is 3. The van der Waals surface area contributed by atoms with Gasteiger partial charge in [0.15, 0.2) is 0 Å². The van der Waals surface area contributed by atoms with Gasteiger partial charge in [-0.3, -0.25) is 0 Å². The van der Waals surface area contributed by atoms with Gasteiger partial charge in [0.2, 0.25) is 0 Å². The zero-order chi connectivity index (χ0) is 21.1. The summed E-state index contributed by atoms with van der Waals surface area (Å²) >= 11 is 0. The zero-order valence-corrected chi connectivity index (χ0v) is 17.6. The van der Waals surface area contributed by atoms with Crippen LogP contribution in [0, 0.1) is 0 Å². The summed E-state index contributed by atoms with van der Waals surface area (Å²) in [6.07, 6.45) is 14.1. The summed E-state index contributed by atoms with van der Waals surface area (Å²) in [5.74, 6) is 0. The molecule has 0 bridgehead atoms. The molecule has 0 radical (unpaired) electrons. The van der Waals surface area contributed by atoms with E-state index in [1.807, 2.05) is 0 Å². The fourth-order valence-corrected chi connectivity index (χ4v) is 2.76. The lowest BCUT2D eigenvalue weighted by atomic mass is 10.00. The van der Waals surface area contributed by atoms with Gasteiger partial charge in [-0.1, -0.05) is 84.0 Å². The Morgan fingerprint density at radius 3 is 1.44 bits per heavy atom. The molecule has 0 aliphatic heterocycles. The first-order valence-corrected chi connectivity index (χ1v) is 11.7. The Bertz CT molecular complexity index is 346. The molecular formula is C18H42NO7P. The number of unbranched alkanes of at least 4 members (excludes halogenated alkanes) is 11. The quantitative estimate of drug-likeness (QED) is 0.149. The van der Waals surface area contributed by atoms with Crippen molar-refractivity contribution in [1.29, 1.82) is 0 Å². The normalized spacial score (nSPS) is 15.0. The SMILES string of the molecule is CCCCCCCCCCCCCCC(O)C(O)C(N)CO.O=P(O)(O)O. The van der Waals surface area contributed by atoms with Crippen LogP contribution in [0.2, 0.25) is 0 Å². The largest absolute Gasteiger partial charge is 0.466 e. The molecule has 0 heterocycles. The fraction of sp³-hybridized carbons (Fsp3) is 1.00. The van der Waals surface area contributed by atoms with Crippen molar-refractivity contribution in [2.45, 2.75) is 109 Å². The Morgan fingerprint density at radius 2 is 1.11 bits per heavy atom. The van der Waals surface area contributed by atoms with E-state index in [-0.39, 0.29) is 6.61 Å². The summed E-state index contributed by atoms with van der Waals surface area (Å²) in [5.41, 5.74) is 5.49. The molecule has 0 saturated carbocycles. The van der Waals surface area contributed by atoms with Crippen molar-refractivity contribution in [3.8, 4) is 0 Å². The molecule has 3 atom stereocenters. The van der Waals surface area contributed by atoms with Crippen molar-refractivity contribution in [1.82, 2.24) is 0 Å². The third kappa shape index (κ3) is 25.9. The second kappa shape index (κ2) is 19.3. The molecular weight excluding hydrogens is 373 g/mol. The highest BCUT2D eigenvalue weighted by Crippen LogP contribution is 2.25. The van der Waals surface area contributed by atoms with E-state index in [9.17, 15) is 10.2 Å². The average Bonchev–Trinajstić information content (AvgIpc) is 2.59. The first-order valence-electron chi connectivity index (χ1n) is 10.1. The number of aliphatic hydroxyl groups excluding tert-OH is 3. The Balaban J connectivity index is 0. The fourth-order valence-electron chi connectivity index (χ4n) is 2.76. The van der Waals surface area contributed by atoms with Gasteiger partial charge in [-0.2, -0.15) is 0 Å². The number of nitrogens with two attached hydrogens (primary N) is 1. The second-order valence-electron chi connectivity index (χ2n) is 7.10. The molecule has 0 aromatic carbocycles. The lowest BCUT2D eigenvalue weighted by Gasteiger charge is -2.22. The number of hydrogen-bond donors (Lipinski definition) is 7. The molecule has 0 aliphatic carbocycles. The van der Waals surface area contributed by atoms with Crippen LogP contribution >= 0.6 is 7.82 Å². The van der Waals surface area contributed by atoms with Crippen LogP contribution in [0.25, 0.3) is 0 Å². The van der Waals surface area contributed by atoms with Crippen molar-refractivity contribution >= 4 is 7.82 Å². The summed E-state index contributed by atoms with van der Waals surface area (Å²) in [6, 6.07) is -0.743. The highest BCUT2D eigenvalue weighted by molar-refractivity contribution is 7.45. The monoisotopic (exact) mass is 415 g/mol. The summed E-state index contributed by atoms with van der Waals surface area (Å²) in [5, 5.41) is 28.2. The third-order valence-electron chi connectivity index (χ3n) is 4.40. The van der Waals surface area contributed by atoms with Crippen molar-refractivity contribution in [3.05, 3.63) is 0 Å². The molecule has 0 aromatic heterocycles. The summed E-state index contributed by atoms with van der Waals surface area (Å²) in [7, 11) is -4.64. The van der Waals surface area contributed by atoms with Crippen molar-refractivity contribution in [2.24, 2.45) is 5.73 Å². The van der Waals surface area contributed by atoms with Gasteiger partial charge in [-0.05, 0) is 6.42 Å². The Morgan fingerprint density at radius 1 is 0.778 bits per heavy atom. The molecule has 0 rings (SSSR count). The average molecular weight is 416 g/mol. The second-order valence-corrected chi connectivity index (χ2v) is 8.12. The minimum absolute atomic E-state index is 0.295. The van der Waals surface area contributed by atoms with Gasteiger partial charge >= 0.3 is 7.82 Å². The van der Waals surface area contributed by atoms with Crippen LogP contribution in [-0.2, 0) is 4.57 Å². The molecule has 0 aliphatic rings. The van der Waals surface area contributed by atoms with E-state index >= 15 is 0 Å². The van der Waals surface area contributed by atoms with Crippen LogP contribution in [0.4, 0.5) is 0 Å². The van der Waals surface area contributed by atoms with Gasteiger partial charge in [0.05, 0.1) is 24.9 Å². The highest BCUT2D eigenvalue weighted by atomic mass is 31.2. The van der Waals surface area contributed by atoms with E-state index in [4.69, 9.17) is 30.1 Å². The first kappa shape index (κ1) is 29.2. The van der Waals surface area contributed by atoms with Crippen molar-refractivity contribution in [2.75, 3.05) is 6.61 Å². The summed E-state index contributed by atoms with van der Waals surface area (Å²) in [6.45, 7) is 1.96. The molecule has 0 amide bonds. The van der Waals surface area contributed by atoms with Gasteiger partial charge in [-0.25, -0.2) is 4.57 Å². The van der Waals surface area contributed by atoms with Gasteiger partial charge < -0.3 is 35.7 Å². The summed E-state index contributed by atoms with van der Waals surface area (Å²) < 4.78 is 8.88. The van der Waals surface area contributed by atoms with E-state index < -0.39 is 26.1 Å². The molecule has 3 unspecified atom stereocenters. The van der Waals surface area contributed by atoms with Crippen molar-refractivity contribution in [3.63, 3.8) is 0 Å². The molecule has 0 saturated heterocycles. The van der Waals surface area contributed by atoms with Crippen molar-refractivity contribution < 1.29 is 34.6 Å². The molecule has 27 heavy (non-hydrogen) atoms. The predicted octanol–water partition coefficient (Wildman–Crippen LogP) is 2.19. The smallest absolute Gasteiger partial charge is 0.395 e. The minimum Gasteiger partial charge on any atom is -0.395 e. The van der Waals surface area contributed by atoms with Crippen LogP contribution in [0.15, 0.2) is 0 Å². The minimum atomic E-state index is -4.64. The van der Waals surface area contributed by atoms with Crippen LogP contribution < -0.4 is 5.73 Å². The first-order chi connectivity index (χ1) is 12.6. The van der Waals surface area contributed by atoms with E-state index in [1.54, 1.807) is 0 Å². The van der Waals surface area contributed by atoms with Crippen LogP contribution in [0.3, 0.4) is 0 Å². The third-order valence-corrected chi connectivity index (χ3v) is 4.40. The maximum atomic E-state index is 9.74. The summed E-state index contributed by atoms with van der Waals surface area (Å²) in [4.78, 5) is 21.6.